The molecule has 9 heavy (non-hydrogen) atoms. The minimum atomic E-state index is -0.931. The van der Waals surface area contributed by atoms with E-state index in [1.807, 2.05) is 0 Å². The zero-order valence-corrected chi connectivity index (χ0v) is 5.66. The van der Waals surface area contributed by atoms with Crippen LogP contribution in [0.15, 0.2) is 0 Å². The summed E-state index contributed by atoms with van der Waals surface area (Å²) >= 11 is 0. The summed E-state index contributed by atoms with van der Waals surface area (Å²) < 4.78 is 0. The molecule has 0 aromatic rings. The fourth-order valence-electron chi connectivity index (χ4n) is 0.285. The van der Waals surface area contributed by atoms with Crippen molar-refractivity contribution in [1.82, 2.24) is 0 Å². The predicted molar refractivity (Wildman–Crippen MR) is 36.2 cm³/mol. The summed E-state index contributed by atoms with van der Waals surface area (Å²) in [6.45, 7) is 3.55. The molecule has 0 bridgehead atoms. The molecule has 0 amide bonds. The van der Waals surface area contributed by atoms with Crippen LogP contribution in [0, 0.1) is 5.92 Å². The topological polar surface area (TPSA) is 63.3 Å². The number of carbonyl (C=O) groups is 1. The molecule has 0 aromatic heterocycles. The fourth-order valence-corrected chi connectivity index (χ4v) is 0.285. The van der Waals surface area contributed by atoms with E-state index in [2.05, 4.69) is 0 Å². The van der Waals surface area contributed by atoms with Crippen LogP contribution >= 0.6 is 0 Å². The number of rotatable bonds is 2. The maximum atomic E-state index is 10.0. The van der Waals surface area contributed by atoms with Crippen molar-refractivity contribution in [3.8, 4) is 0 Å². The third-order valence-corrected chi connectivity index (χ3v) is 1.00. The quantitative estimate of drug-likeness (QED) is 0.500. The summed E-state index contributed by atoms with van der Waals surface area (Å²) in [7, 11) is 0. The van der Waals surface area contributed by atoms with Gasteiger partial charge in [0.15, 0.2) is 0 Å². The molecule has 0 rings (SSSR count). The van der Waals surface area contributed by atoms with E-state index in [1.165, 1.54) is 0 Å². The summed E-state index contributed by atoms with van der Waals surface area (Å²) in [5, 5.41) is 8.23. The standard InChI is InChI=1S/C5H11NO2.B/c1-3(2)4(6)5(7)8;/h3-4H,6H2,1-2H3,(H,7,8);/t4-;/m0./s1. The van der Waals surface area contributed by atoms with E-state index < -0.39 is 12.0 Å². The van der Waals surface area contributed by atoms with E-state index in [1.54, 1.807) is 13.8 Å². The van der Waals surface area contributed by atoms with Crippen molar-refractivity contribution in [2.45, 2.75) is 19.9 Å². The van der Waals surface area contributed by atoms with Crippen molar-refractivity contribution in [2.24, 2.45) is 11.7 Å². The van der Waals surface area contributed by atoms with Crippen LogP contribution < -0.4 is 5.73 Å². The van der Waals surface area contributed by atoms with E-state index in [4.69, 9.17) is 10.8 Å². The monoisotopic (exact) mass is 128 g/mol. The van der Waals surface area contributed by atoms with E-state index in [-0.39, 0.29) is 14.3 Å². The number of carboxylic acids is 1. The average Bonchev–Trinajstić information content (AvgIpc) is 1.64. The van der Waals surface area contributed by atoms with Crippen LogP contribution in [0.5, 0.6) is 0 Å². The molecule has 0 aliphatic rings. The second-order valence-corrected chi connectivity index (χ2v) is 2.11. The molecule has 3 nitrogen and oxygen atoms in total. The fraction of sp³-hybridized carbons (Fsp3) is 0.800. The van der Waals surface area contributed by atoms with Crippen LogP contribution in [0.3, 0.4) is 0 Å². The van der Waals surface area contributed by atoms with Gasteiger partial charge in [0.05, 0.1) is 0 Å². The smallest absolute Gasteiger partial charge is 0.320 e. The lowest BCUT2D eigenvalue weighted by molar-refractivity contribution is -0.139. The van der Waals surface area contributed by atoms with Crippen molar-refractivity contribution in [3.63, 3.8) is 0 Å². The summed E-state index contributed by atoms with van der Waals surface area (Å²) in [5.41, 5.74) is 5.16. The highest BCUT2D eigenvalue weighted by Gasteiger charge is 2.14. The van der Waals surface area contributed by atoms with Crippen molar-refractivity contribution < 1.29 is 9.90 Å². The normalized spacial score (nSPS) is 12.4. The molecule has 0 unspecified atom stereocenters. The van der Waals surface area contributed by atoms with E-state index >= 15 is 0 Å². The van der Waals surface area contributed by atoms with Gasteiger partial charge in [0.2, 0.25) is 0 Å². The van der Waals surface area contributed by atoms with Gasteiger partial charge in [0, 0.05) is 8.41 Å². The molecule has 0 aromatic carbocycles. The minimum absolute atomic E-state index is 0. The van der Waals surface area contributed by atoms with Gasteiger partial charge in [-0.2, -0.15) is 0 Å². The zero-order valence-electron chi connectivity index (χ0n) is 5.66. The van der Waals surface area contributed by atoms with Gasteiger partial charge < -0.3 is 10.8 Å². The average molecular weight is 128 g/mol. The summed E-state index contributed by atoms with van der Waals surface area (Å²) in [6.07, 6.45) is 0. The Hall–Kier alpha value is -0.505. The first-order valence-electron chi connectivity index (χ1n) is 2.54. The Morgan fingerprint density at radius 1 is 1.56 bits per heavy atom. The molecule has 0 fully saturated rings. The Morgan fingerprint density at radius 2 is 1.89 bits per heavy atom. The van der Waals surface area contributed by atoms with Gasteiger partial charge >= 0.3 is 5.97 Å². The summed E-state index contributed by atoms with van der Waals surface area (Å²) in [6, 6.07) is -0.713. The molecule has 0 spiro atoms. The van der Waals surface area contributed by atoms with E-state index in [0.29, 0.717) is 0 Å². The van der Waals surface area contributed by atoms with Crippen LogP contribution in [0.4, 0.5) is 0 Å². The van der Waals surface area contributed by atoms with Gasteiger partial charge in [0.1, 0.15) is 6.04 Å². The molecule has 0 saturated heterocycles. The Kier molecular flexibility index (Phi) is 5.51. The minimum Gasteiger partial charge on any atom is -0.480 e. The Labute approximate surface area is 56.8 Å². The third kappa shape index (κ3) is 4.03. The highest BCUT2D eigenvalue weighted by atomic mass is 16.4. The van der Waals surface area contributed by atoms with Crippen molar-refractivity contribution >= 4 is 14.4 Å². The molecular weight excluding hydrogens is 117 g/mol. The lowest BCUT2D eigenvalue weighted by Crippen LogP contribution is -2.34. The summed E-state index contributed by atoms with van der Waals surface area (Å²) in [5.74, 6) is -0.910. The molecule has 0 saturated carbocycles. The van der Waals surface area contributed by atoms with Crippen LogP contribution in [0.2, 0.25) is 0 Å². The Bertz CT molecular complexity index is 95.0. The van der Waals surface area contributed by atoms with Gasteiger partial charge in [-0.1, -0.05) is 13.8 Å². The molecule has 4 heteroatoms. The SMILES string of the molecule is CC(C)[C@H](N)C(=O)O.[B]. The Morgan fingerprint density at radius 3 is 1.89 bits per heavy atom. The highest BCUT2D eigenvalue weighted by molar-refractivity contribution is 5.75. The molecule has 0 aliphatic carbocycles. The van der Waals surface area contributed by atoms with Crippen LogP contribution in [0.1, 0.15) is 13.8 Å². The molecular formula is C5H11BNO2. The first-order chi connectivity index (χ1) is 3.55. The van der Waals surface area contributed by atoms with Crippen molar-refractivity contribution in [2.75, 3.05) is 0 Å². The van der Waals surface area contributed by atoms with Crippen LogP contribution in [-0.2, 0) is 4.79 Å². The second-order valence-electron chi connectivity index (χ2n) is 2.11. The first-order valence-corrected chi connectivity index (χ1v) is 2.54. The van der Waals surface area contributed by atoms with Gasteiger partial charge in [-0.3, -0.25) is 4.79 Å². The predicted octanol–water partition coefficient (Wildman–Crippen LogP) is -0.327. The highest BCUT2D eigenvalue weighted by Crippen LogP contribution is 1.96. The molecule has 3 radical (unpaired) electrons. The number of aliphatic carboxylic acids is 1. The number of nitrogens with two attached hydrogens (primary N) is 1. The van der Waals surface area contributed by atoms with E-state index in [9.17, 15) is 4.79 Å². The maximum absolute atomic E-state index is 10.0. The number of carboxylic acid groups (broad SMARTS) is 1. The molecule has 0 heterocycles. The molecule has 3 N–H and O–H groups in total. The Balaban J connectivity index is 0. The lowest BCUT2D eigenvalue weighted by atomic mass is 10.1. The van der Waals surface area contributed by atoms with Gasteiger partial charge in [-0.25, -0.2) is 0 Å². The molecule has 51 valence electrons. The van der Waals surface area contributed by atoms with Crippen molar-refractivity contribution in [3.05, 3.63) is 0 Å². The van der Waals surface area contributed by atoms with Crippen molar-refractivity contribution in [1.29, 1.82) is 0 Å². The first kappa shape index (κ1) is 11.3. The number of hydrogen-bond donors (Lipinski definition) is 2. The second kappa shape index (κ2) is 4.38. The number of hydrogen-bond acceptors (Lipinski definition) is 2. The molecule has 0 aliphatic heterocycles. The van der Waals surface area contributed by atoms with Gasteiger partial charge in [0.25, 0.3) is 0 Å². The maximum Gasteiger partial charge on any atom is 0.320 e. The van der Waals surface area contributed by atoms with E-state index in [0.717, 1.165) is 0 Å². The summed E-state index contributed by atoms with van der Waals surface area (Å²) in [4.78, 5) is 10.0. The van der Waals surface area contributed by atoms with Gasteiger partial charge in [-0.05, 0) is 5.92 Å². The third-order valence-electron chi connectivity index (χ3n) is 1.00. The van der Waals surface area contributed by atoms with Crippen LogP contribution in [-0.4, -0.2) is 25.5 Å². The zero-order chi connectivity index (χ0) is 6.73. The lowest BCUT2D eigenvalue weighted by Gasteiger charge is -2.07. The molecule has 1 atom stereocenters. The van der Waals surface area contributed by atoms with Gasteiger partial charge in [-0.15, -0.1) is 0 Å². The van der Waals surface area contributed by atoms with Crippen LogP contribution in [0.25, 0.3) is 0 Å². The largest absolute Gasteiger partial charge is 0.480 e.